The Kier molecular flexibility index (Phi) is 3.85. The zero-order valence-corrected chi connectivity index (χ0v) is 13.8. The molecule has 1 aliphatic heterocycles. The maximum atomic E-state index is 12.4. The Hall–Kier alpha value is -1.10. The fourth-order valence-electron chi connectivity index (χ4n) is 2.94. The number of rotatable bonds is 6. The van der Waals surface area contributed by atoms with E-state index in [2.05, 4.69) is 4.90 Å². The van der Waals surface area contributed by atoms with Gasteiger partial charge in [-0.15, -0.1) is 11.6 Å². The van der Waals surface area contributed by atoms with Crippen molar-refractivity contribution in [1.29, 1.82) is 0 Å². The third-order valence-corrected chi connectivity index (χ3v) is 4.63. The van der Waals surface area contributed by atoms with E-state index in [1.165, 1.54) is 0 Å². The van der Waals surface area contributed by atoms with E-state index in [1.54, 1.807) is 0 Å². The van der Waals surface area contributed by atoms with Gasteiger partial charge in [0.05, 0.1) is 11.1 Å². The predicted molar refractivity (Wildman–Crippen MR) is 91.4 cm³/mol. The first-order chi connectivity index (χ1) is 12.5. The van der Waals surface area contributed by atoms with Crippen molar-refractivity contribution in [2.24, 2.45) is 0 Å². The summed E-state index contributed by atoms with van der Waals surface area (Å²) in [7, 11) is 0. The monoisotopic (exact) mass is 340 g/mol. The zero-order valence-electron chi connectivity index (χ0n) is 17.0. The molecular formula is C18H25ClN2O2. The van der Waals surface area contributed by atoms with Gasteiger partial charge in [-0.2, -0.15) is 0 Å². The highest BCUT2D eigenvalue weighted by molar-refractivity contribution is 6.27. The fourth-order valence-corrected chi connectivity index (χ4v) is 3.04. The lowest BCUT2D eigenvalue weighted by Crippen LogP contribution is -2.52. The molecule has 2 aliphatic rings. The summed E-state index contributed by atoms with van der Waals surface area (Å²) in [6.45, 7) is -0.682. The molecule has 0 unspecified atom stereocenters. The van der Waals surface area contributed by atoms with Crippen molar-refractivity contribution in [3.63, 3.8) is 0 Å². The van der Waals surface area contributed by atoms with Gasteiger partial charge in [0.25, 0.3) is 0 Å². The highest BCUT2D eigenvalue weighted by Gasteiger charge is 2.40. The van der Waals surface area contributed by atoms with Gasteiger partial charge < -0.3 is 10.0 Å². The summed E-state index contributed by atoms with van der Waals surface area (Å²) < 4.78 is 32.0. The van der Waals surface area contributed by atoms with Crippen LogP contribution in [0.4, 0.5) is 0 Å². The molecule has 0 radical (unpaired) electrons. The smallest absolute Gasteiger partial charge is 0.237 e. The number of halogens is 1. The summed E-state index contributed by atoms with van der Waals surface area (Å²) in [5.41, 5.74) is -0.586. The number of hydrogen-bond acceptors (Lipinski definition) is 3. The molecule has 0 atom stereocenters. The highest BCUT2D eigenvalue weighted by atomic mass is 35.5. The first-order valence-electron chi connectivity index (χ1n) is 10.1. The number of carbonyl (C=O) groups is 1. The van der Waals surface area contributed by atoms with Crippen LogP contribution in [0.25, 0.3) is 0 Å². The number of amides is 1. The van der Waals surface area contributed by atoms with Gasteiger partial charge in [0.1, 0.15) is 5.83 Å². The minimum Gasteiger partial charge on any atom is -0.388 e. The summed E-state index contributed by atoms with van der Waals surface area (Å²) in [4.78, 5) is 15.4. The molecule has 3 rings (SSSR count). The van der Waals surface area contributed by atoms with Gasteiger partial charge in [-0.1, -0.05) is 30.3 Å². The molecule has 1 saturated heterocycles. The molecule has 0 bridgehead atoms. The third kappa shape index (κ3) is 4.46. The number of likely N-dealkylation sites (tertiary alicyclic amines) is 1. The van der Waals surface area contributed by atoms with Crippen molar-refractivity contribution >= 4 is 17.5 Å². The van der Waals surface area contributed by atoms with E-state index in [-0.39, 0.29) is 12.8 Å². The first kappa shape index (κ1) is 12.3. The average molecular weight is 341 g/mol. The number of hydrogen-bond donors (Lipinski definition) is 1. The quantitative estimate of drug-likeness (QED) is 0.808. The molecule has 5 heteroatoms. The molecule has 1 heterocycles. The van der Waals surface area contributed by atoms with Gasteiger partial charge in [0.15, 0.2) is 0 Å². The molecular weight excluding hydrogens is 312 g/mol. The number of nitrogens with zero attached hydrogens (tertiary/aromatic N) is 2. The number of piperidine rings is 1. The maximum absolute atomic E-state index is 12.4. The van der Waals surface area contributed by atoms with Gasteiger partial charge in [-0.05, 0) is 31.2 Å². The van der Waals surface area contributed by atoms with E-state index in [0.717, 1.165) is 17.0 Å². The summed E-state index contributed by atoms with van der Waals surface area (Å²) in [6.07, 6.45) is 1.51. The Morgan fingerprint density at radius 2 is 2.00 bits per heavy atom. The van der Waals surface area contributed by atoms with Crippen LogP contribution in [0, 0.1) is 0 Å². The third-order valence-electron chi connectivity index (χ3n) is 4.47. The lowest BCUT2D eigenvalue weighted by atomic mass is 9.90. The van der Waals surface area contributed by atoms with Crippen LogP contribution < -0.4 is 0 Å². The largest absolute Gasteiger partial charge is 0.388 e. The van der Waals surface area contributed by atoms with Crippen LogP contribution in [0.1, 0.15) is 36.7 Å². The Balaban J connectivity index is 1.71. The molecule has 1 N–H and O–H groups in total. The Labute approximate surface area is 148 Å². The molecule has 0 spiro atoms. The van der Waals surface area contributed by atoms with Crippen LogP contribution in [0.15, 0.2) is 30.3 Å². The predicted octanol–water partition coefficient (Wildman–Crippen LogP) is 2.24. The van der Waals surface area contributed by atoms with Crippen molar-refractivity contribution < 1.29 is 15.4 Å². The summed E-state index contributed by atoms with van der Waals surface area (Å²) >= 11 is 5.54. The second kappa shape index (κ2) is 7.20. The first-order valence-corrected chi connectivity index (χ1v) is 8.44. The van der Waals surface area contributed by atoms with E-state index < -0.39 is 29.9 Å². The minimum absolute atomic E-state index is 0.161. The highest BCUT2D eigenvalue weighted by Crippen LogP contribution is 2.32. The van der Waals surface area contributed by atoms with E-state index >= 15 is 0 Å². The van der Waals surface area contributed by atoms with E-state index in [1.807, 2.05) is 30.3 Å². The normalized spacial score (nSPS) is 25.0. The Bertz CT molecular complexity index is 672. The molecule has 1 aromatic rings. The zero-order chi connectivity index (χ0) is 19.9. The lowest BCUT2D eigenvalue weighted by molar-refractivity contribution is -0.134. The molecule has 1 amide bonds. The number of aliphatic hydroxyl groups is 1. The fraction of sp³-hybridized carbons (Fsp3) is 0.611. The molecule has 1 aromatic carbocycles. The molecule has 4 nitrogen and oxygen atoms in total. The van der Waals surface area contributed by atoms with Crippen LogP contribution in [0.5, 0.6) is 0 Å². The van der Waals surface area contributed by atoms with Crippen molar-refractivity contribution in [3.8, 4) is 0 Å². The van der Waals surface area contributed by atoms with Crippen LogP contribution in [-0.2, 0) is 11.3 Å². The summed E-state index contributed by atoms with van der Waals surface area (Å²) in [6, 6.07) is 9.52. The molecule has 1 saturated carbocycles. The topological polar surface area (TPSA) is 43.8 Å². The number of alkyl halides is 1. The second-order valence-corrected chi connectivity index (χ2v) is 6.59. The Morgan fingerprint density at radius 1 is 1.35 bits per heavy atom. The van der Waals surface area contributed by atoms with Crippen LogP contribution in [-0.4, -0.2) is 57.9 Å². The van der Waals surface area contributed by atoms with Crippen molar-refractivity contribution in [1.82, 2.24) is 9.80 Å². The average Bonchev–Trinajstić information content (AvgIpc) is 3.42. The number of carbonyl (C=O) groups excluding carboxylic acids is 1. The SMILES string of the molecule is [2H]C([2H])(Cl)C(=O)N(C1CC1)C([2H])([2H])C1(O)CCN(Cc2ccccc2)CC1. The minimum atomic E-state index is -2.69. The van der Waals surface area contributed by atoms with Gasteiger partial charge in [0, 0.05) is 32.2 Å². The molecule has 23 heavy (non-hydrogen) atoms. The maximum Gasteiger partial charge on any atom is 0.237 e. The standard InChI is InChI=1S/C18H25ClN2O2/c19-12-17(22)21(16-6-7-16)14-18(23)8-10-20(11-9-18)13-15-4-2-1-3-5-15/h1-5,16,23H,6-14H2/i12D2,14D2. The van der Waals surface area contributed by atoms with Gasteiger partial charge in [-0.25, -0.2) is 0 Å². The van der Waals surface area contributed by atoms with Crippen LogP contribution in [0.3, 0.4) is 0 Å². The van der Waals surface area contributed by atoms with E-state index in [0.29, 0.717) is 25.9 Å². The van der Waals surface area contributed by atoms with Crippen LogP contribution in [0.2, 0.25) is 0 Å². The second-order valence-electron chi connectivity index (χ2n) is 6.41. The number of benzene rings is 1. The molecule has 126 valence electrons. The molecule has 0 aromatic heterocycles. The van der Waals surface area contributed by atoms with Crippen molar-refractivity contribution in [3.05, 3.63) is 35.9 Å². The lowest BCUT2D eigenvalue weighted by Gasteiger charge is -2.41. The Morgan fingerprint density at radius 3 is 2.57 bits per heavy atom. The van der Waals surface area contributed by atoms with Gasteiger partial charge in [-0.3, -0.25) is 9.69 Å². The summed E-state index contributed by atoms with van der Waals surface area (Å²) in [5, 5.41) is 11.1. The molecule has 2 fully saturated rings. The van der Waals surface area contributed by atoms with Gasteiger partial charge in [0.2, 0.25) is 5.91 Å². The summed E-state index contributed by atoms with van der Waals surface area (Å²) in [5.74, 6) is -3.81. The van der Waals surface area contributed by atoms with E-state index in [9.17, 15) is 9.90 Å². The van der Waals surface area contributed by atoms with Gasteiger partial charge >= 0.3 is 0 Å². The van der Waals surface area contributed by atoms with E-state index in [4.69, 9.17) is 17.1 Å². The van der Waals surface area contributed by atoms with Crippen molar-refractivity contribution in [2.75, 3.05) is 25.4 Å². The molecule has 1 aliphatic carbocycles. The van der Waals surface area contributed by atoms with Crippen LogP contribution >= 0.6 is 11.6 Å². The van der Waals surface area contributed by atoms with Crippen molar-refractivity contribution in [2.45, 2.75) is 43.9 Å².